The average Bonchev–Trinajstić information content (AvgIpc) is 1.27. The normalized spacial score (nSPS) is 9.75. The predicted molar refractivity (Wildman–Crippen MR) is 39.9 cm³/mol. The van der Waals surface area contributed by atoms with Crippen LogP contribution in [0.1, 0.15) is 27.7 Å². The molecule has 8 heavy (non-hydrogen) atoms. The van der Waals surface area contributed by atoms with Gasteiger partial charge in [0.15, 0.2) is 0 Å². The summed E-state index contributed by atoms with van der Waals surface area (Å²) in [5, 5.41) is 0. The second-order valence-corrected chi connectivity index (χ2v) is 2.23. The molecule has 0 aromatic carbocycles. The number of rotatable bonds is 2. The van der Waals surface area contributed by atoms with Crippen molar-refractivity contribution in [3.63, 3.8) is 0 Å². The van der Waals surface area contributed by atoms with Crippen molar-refractivity contribution in [2.24, 2.45) is 0 Å². The third-order valence-corrected chi connectivity index (χ3v) is 0.544. The molecule has 1 nitrogen and oxygen atoms in total. The Kier molecular flexibility index (Phi) is 8.75. The van der Waals surface area contributed by atoms with Crippen LogP contribution < -0.4 is 0 Å². The van der Waals surface area contributed by atoms with Gasteiger partial charge in [-0.3, -0.25) is 0 Å². The molecule has 50 valence electrons. The van der Waals surface area contributed by atoms with Crippen molar-refractivity contribution in [1.82, 2.24) is 0 Å². The average molecular weight is 311 g/mol. The van der Waals surface area contributed by atoms with Crippen LogP contribution in [0, 0.1) is 0 Å². The molecule has 0 saturated carbocycles. The fourth-order valence-electron chi connectivity index (χ4n) is 0.544. The van der Waals surface area contributed by atoms with E-state index < -0.39 is 0 Å². The fourth-order valence-corrected chi connectivity index (χ4v) is 0.544. The van der Waals surface area contributed by atoms with Crippen LogP contribution in [0.5, 0.6) is 0 Å². The van der Waals surface area contributed by atoms with Gasteiger partial charge in [0.2, 0.25) is 0 Å². The van der Waals surface area contributed by atoms with E-state index in [0.717, 1.165) is 0 Å². The van der Waals surface area contributed by atoms with E-state index >= 15 is 0 Å². The summed E-state index contributed by atoms with van der Waals surface area (Å²) < 4.78 is 5.25. The van der Waals surface area contributed by atoms with Gasteiger partial charge in [0.1, 0.15) is 0 Å². The second-order valence-electron chi connectivity index (χ2n) is 2.23. The van der Waals surface area contributed by atoms with Crippen LogP contribution in [0.15, 0.2) is 0 Å². The molecule has 0 aliphatic rings. The molecule has 0 fully saturated rings. The van der Waals surface area contributed by atoms with Crippen molar-refractivity contribution in [2.45, 2.75) is 39.9 Å². The van der Waals surface area contributed by atoms with Crippen molar-refractivity contribution in [3.8, 4) is 0 Å². The molecule has 2 radical (unpaired) electrons. The Morgan fingerprint density at radius 1 is 0.875 bits per heavy atom. The molecule has 0 amide bonds. The Morgan fingerprint density at radius 3 is 1.12 bits per heavy atom. The molecular weight excluding hydrogens is 295 g/mol. The molecule has 0 rings (SSSR count). The van der Waals surface area contributed by atoms with Crippen molar-refractivity contribution >= 4 is 27.3 Å². The molecule has 0 heterocycles. The maximum absolute atomic E-state index is 5.25. The van der Waals surface area contributed by atoms with E-state index in [2.05, 4.69) is 0 Å². The summed E-state index contributed by atoms with van der Waals surface area (Å²) in [5.74, 6) is 0. The third-order valence-electron chi connectivity index (χ3n) is 0.544. The van der Waals surface area contributed by atoms with E-state index in [-0.39, 0.29) is 27.3 Å². The second kappa shape index (κ2) is 6.01. The van der Waals surface area contributed by atoms with Gasteiger partial charge in [-0.25, -0.2) is 0 Å². The summed E-state index contributed by atoms with van der Waals surface area (Å²) in [6.07, 6.45) is 0.750. The third kappa shape index (κ3) is 9.99. The van der Waals surface area contributed by atoms with E-state index in [1.807, 2.05) is 27.7 Å². The van der Waals surface area contributed by atoms with E-state index in [1.165, 1.54) is 0 Å². The summed E-state index contributed by atoms with van der Waals surface area (Å²) in [7, 11) is 0. The van der Waals surface area contributed by atoms with E-state index in [1.54, 1.807) is 0 Å². The topological polar surface area (TPSA) is 9.23 Å². The zero-order valence-electron chi connectivity index (χ0n) is 6.27. The van der Waals surface area contributed by atoms with Gasteiger partial charge in [0.05, 0.1) is 12.2 Å². The molecule has 0 unspecified atom stereocenters. The van der Waals surface area contributed by atoms with Crippen molar-refractivity contribution in [2.75, 3.05) is 0 Å². The van der Waals surface area contributed by atoms with Crippen LogP contribution in [0.2, 0.25) is 0 Å². The van der Waals surface area contributed by atoms with Gasteiger partial charge in [0, 0.05) is 0 Å². The molecule has 0 spiro atoms. The van der Waals surface area contributed by atoms with E-state index in [0.29, 0.717) is 12.2 Å². The first-order valence-electron chi connectivity index (χ1n) is 2.78. The number of hydrogen-bond donors (Lipinski definition) is 0. The standard InChI is InChI=1S/C6H14O.Pb.2H/c1-5(2)7-6(3)4;;;/h5-6H,1-4H3;;;. The minimum atomic E-state index is 0. The maximum atomic E-state index is 5.25. The summed E-state index contributed by atoms with van der Waals surface area (Å²) in [5.41, 5.74) is 0. The van der Waals surface area contributed by atoms with E-state index in [9.17, 15) is 0 Å². The molecule has 0 aromatic rings. The van der Waals surface area contributed by atoms with Gasteiger partial charge in [-0.15, -0.1) is 0 Å². The molecule has 0 bridgehead atoms. The van der Waals surface area contributed by atoms with Gasteiger partial charge >= 0.3 is 27.3 Å². The molecule has 0 aliphatic heterocycles. The monoisotopic (exact) mass is 312 g/mol. The van der Waals surface area contributed by atoms with Crippen LogP contribution in [0.25, 0.3) is 0 Å². The van der Waals surface area contributed by atoms with Crippen molar-refractivity contribution < 1.29 is 4.74 Å². The molecule has 2 heteroatoms. The Morgan fingerprint density at radius 2 is 1.12 bits per heavy atom. The summed E-state index contributed by atoms with van der Waals surface area (Å²) in [6, 6.07) is 0. The first-order valence-corrected chi connectivity index (χ1v) is 2.78. The number of hydrogen-bond acceptors (Lipinski definition) is 1. The molecule has 0 saturated heterocycles. The predicted octanol–water partition coefficient (Wildman–Crippen LogP) is 0.904. The van der Waals surface area contributed by atoms with E-state index in [4.69, 9.17) is 4.74 Å². The Hall–Kier alpha value is 0.882. The fraction of sp³-hybridized carbons (Fsp3) is 1.00. The quantitative estimate of drug-likeness (QED) is 0.689. The Balaban J connectivity index is 0. The van der Waals surface area contributed by atoms with Crippen LogP contribution in [0.4, 0.5) is 0 Å². The summed E-state index contributed by atoms with van der Waals surface area (Å²) >= 11 is 0. The summed E-state index contributed by atoms with van der Waals surface area (Å²) in [4.78, 5) is 0. The van der Waals surface area contributed by atoms with Crippen LogP contribution in [-0.2, 0) is 4.74 Å². The van der Waals surface area contributed by atoms with Gasteiger partial charge in [0.25, 0.3) is 0 Å². The zero-order valence-corrected chi connectivity index (χ0v) is 11.8. The van der Waals surface area contributed by atoms with Gasteiger partial charge < -0.3 is 4.74 Å². The zero-order chi connectivity index (χ0) is 5.86. The minimum absolute atomic E-state index is 0. The van der Waals surface area contributed by atoms with Crippen LogP contribution >= 0.6 is 0 Å². The molecule has 0 aliphatic carbocycles. The SMILES string of the molecule is CC(C)OC(C)C.[PbH2]. The number of ether oxygens (including phenoxy) is 1. The molecule has 0 N–H and O–H groups in total. The Bertz CT molecular complexity index is 37.8. The van der Waals surface area contributed by atoms with Crippen molar-refractivity contribution in [1.29, 1.82) is 0 Å². The first-order chi connectivity index (χ1) is 3.13. The summed E-state index contributed by atoms with van der Waals surface area (Å²) in [6.45, 7) is 8.17. The molecule has 0 aromatic heterocycles. The van der Waals surface area contributed by atoms with Gasteiger partial charge in [-0.2, -0.15) is 0 Å². The van der Waals surface area contributed by atoms with Crippen LogP contribution in [-0.4, -0.2) is 39.5 Å². The molecular formula is C6H16OPb. The Labute approximate surface area is 72.0 Å². The molecule has 0 atom stereocenters. The van der Waals surface area contributed by atoms with Crippen molar-refractivity contribution in [3.05, 3.63) is 0 Å². The first kappa shape index (κ1) is 11.7. The van der Waals surface area contributed by atoms with Gasteiger partial charge in [-0.1, -0.05) is 0 Å². The van der Waals surface area contributed by atoms with Crippen LogP contribution in [0.3, 0.4) is 0 Å². The van der Waals surface area contributed by atoms with Gasteiger partial charge in [-0.05, 0) is 27.7 Å².